The molecule has 2 aromatic rings. The van der Waals surface area contributed by atoms with Crippen molar-refractivity contribution in [1.82, 2.24) is 10.3 Å². The molecular weight excluding hydrogens is 294 g/mol. The number of para-hydroxylation sites is 1. The number of aromatic nitrogens is 1. The summed E-state index contributed by atoms with van der Waals surface area (Å²) in [4.78, 5) is 26.0. The number of primary amides is 1. The lowest BCUT2D eigenvalue weighted by molar-refractivity contribution is -0.120. The minimum Gasteiger partial charge on any atom is -0.439 e. The van der Waals surface area contributed by atoms with Crippen molar-refractivity contribution in [3.05, 3.63) is 42.1 Å². The van der Waals surface area contributed by atoms with Crippen LogP contribution in [0.25, 0.3) is 10.9 Å². The Bertz CT molecular complexity index is 668. The highest BCUT2D eigenvalue weighted by atomic mass is 16.6. The summed E-state index contributed by atoms with van der Waals surface area (Å²) in [6.45, 7) is 0.135. The van der Waals surface area contributed by atoms with E-state index in [0.29, 0.717) is 6.54 Å². The standard InChI is InChI=1S/C17H21N3O3/c18-16(21)12-23-17(22)20-10-5-1-2-6-13-9-11-19-15-8-4-3-7-14(13)15/h3-4,7-9,11H,1-2,5-6,10,12H2,(H2,18,21)(H,20,22). The molecule has 0 radical (unpaired) electrons. The summed E-state index contributed by atoms with van der Waals surface area (Å²) in [7, 11) is 0. The van der Waals surface area contributed by atoms with Crippen molar-refractivity contribution in [2.75, 3.05) is 13.2 Å². The summed E-state index contributed by atoms with van der Waals surface area (Å²) in [5, 5.41) is 3.78. The van der Waals surface area contributed by atoms with Crippen molar-refractivity contribution in [2.45, 2.75) is 25.7 Å². The van der Waals surface area contributed by atoms with Crippen molar-refractivity contribution in [3.63, 3.8) is 0 Å². The number of ether oxygens (including phenoxy) is 1. The molecule has 0 bridgehead atoms. The van der Waals surface area contributed by atoms with Gasteiger partial charge in [0.15, 0.2) is 6.61 Å². The average Bonchev–Trinajstić information content (AvgIpc) is 2.56. The number of pyridine rings is 1. The van der Waals surface area contributed by atoms with Crippen LogP contribution in [0.1, 0.15) is 24.8 Å². The van der Waals surface area contributed by atoms with E-state index in [-0.39, 0.29) is 6.61 Å². The first kappa shape index (κ1) is 16.7. The Morgan fingerprint density at radius 3 is 2.78 bits per heavy atom. The number of hydrogen-bond donors (Lipinski definition) is 2. The molecule has 0 aliphatic rings. The molecule has 0 atom stereocenters. The van der Waals surface area contributed by atoms with Gasteiger partial charge in [-0.1, -0.05) is 24.6 Å². The fourth-order valence-electron chi connectivity index (χ4n) is 2.37. The summed E-state index contributed by atoms with van der Waals surface area (Å²) >= 11 is 0. The van der Waals surface area contributed by atoms with E-state index in [9.17, 15) is 9.59 Å². The molecule has 0 aliphatic carbocycles. The van der Waals surface area contributed by atoms with Gasteiger partial charge in [-0.15, -0.1) is 0 Å². The van der Waals surface area contributed by atoms with Crippen LogP contribution < -0.4 is 11.1 Å². The molecule has 0 unspecified atom stereocenters. The van der Waals surface area contributed by atoms with Crippen LogP contribution in [-0.2, 0) is 16.0 Å². The van der Waals surface area contributed by atoms with Gasteiger partial charge in [-0.05, 0) is 37.0 Å². The molecule has 0 saturated carbocycles. The molecular formula is C17H21N3O3. The maximum Gasteiger partial charge on any atom is 0.407 e. The molecule has 1 aromatic carbocycles. The first-order chi connectivity index (χ1) is 11.2. The van der Waals surface area contributed by atoms with Gasteiger partial charge < -0.3 is 15.8 Å². The lowest BCUT2D eigenvalue weighted by Crippen LogP contribution is -2.29. The zero-order chi connectivity index (χ0) is 16.5. The largest absolute Gasteiger partial charge is 0.439 e. The predicted molar refractivity (Wildman–Crippen MR) is 87.8 cm³/mol. The third kappa shape index (κ3) is 5.58. The summed E-state index contributed by atoms with van der Waals surface area (Å²) < 4.78 is 4.60. The topological polar surface area (TPSA) is 94.3 Å². The molecule has 3 N–H and O–H groups in total. The summed E-state index contributed by atoms with van der Waals surface area (Å²) in [6, 6.07) is 10.2. The number of alkyl carbamates (subject to hydrolysis) is 1. The fourth-order valence-corrected chi connectivity index (χ4v) is 2.37. The molecule has 0 saturated heterocycles. The predicted octanol–water partition coefficient (Wildman–Crippen LogP) is 2.16. The zero-order valence-electron chi connectivity index (χ0n) is 13.0. The second-order valence-electron chi connectivity index (χ2n) is 5.27. The lowest BCUT2D eigenvalue weighted by Gasteiger charge is -2.07. The van der Waals surface area contributed by atoms with Crippen molar-refractivity contribution < 1.29 is 14.3 Å². The van der Waals surface area contributed by atoms with E-state index < -0.39 is 12.0 Å². The van der Waals surface area contributed by atoms with E-state index in [1.807, 2.05) is 24.4 Å². The van der Waals surface area contributed by atoms with Gasteiger partial charge in [0, 0.05) is 18.1 Å². The highest BCUT2D eigenvalue weighted by Crippen LogP contribution is 2.18. The maximum atomic E-state index is 11.2. The van der Waals surface area contributed by atoms with E-state index >= 15 is 0 Å². The molecule has 6 heteroatoms. The Labute approximate surface area is 135 Å². The highest BCUT2D eigenvalue weighted by molar-refractivity contribution is 5.81. The van der Waals surface area contributed by atoms with Gasteiger partial charge in [0.25, 0.3) is 5.91 Å². The van der Waals surface area contributed by atoms with Crippen LogP contribution in [0.2, 0.25) is 0 Å². The first-order valence-electron chi connectivity index (χ1n) is 7.68. The highest BCUT2D eigenvalue weighted by Gasteiger charge is 2.04. The Morgan fingerprint density at radius 1 is 1.13 bits per heavy atom. The Kier molecular flexibility index (Phi) is 6.35. The SMILES string of the molecule is NC(=O)COC(=O)NCCCCCc1ccnc2ccccc12. The number of amides is 2. The Hall–Kier alpha value is -2.63. The van der Waals surface area contributed by atoms with E-state index in [2.05, 4.69) is 27.2 Å². The number of carbonyl (C=O) groups excluding carboxylic acids is 2. The number of carbonyl (C=O) groups is 2. The monoisotopic (exact) mass is 315 g/mol. The van der Waals surface area contributed by atoms with Gasteiger partial charge >= 0.3 is 6.09 Å². The van der Waals surface area contributed by atoms with Crippen molar-refractivity contribution >= 4 is 22.9 Å². The third-order valence-electron chi connectivity index (χ3n) is 3.48. The number of nitrogens with one attached hydrogen (secondary N) is 1. The maximum absolute atomic E-state index is 11.2. The minimum atomic E-state index is -0.662. The van der Waals surface area contributed by atoms with Crippen LogP contribution in [0.3, 0.4) is 0 Å². The number of fused-ring (bicyclic) bond motifs is 1. The molecule has 1 heterocycles. The van der Waals surface area contributed by atoms with E-state index in [1.54, 1.807) is 0 Å². The van der Waals surface area contributed by atoms with Crippen LogP contribution in [0.5, 0.6) is 0 Å². The number of unbranched alkanes of at least 4 members (excludes halogenated alkanes) is 2. The number of hydrogen-bond acceptors (Lipinski definition) is 4. The molecule has 23 heavy (non-hydrogen) atoms. The smallest absolute Gasteiger partial charge is 0.407 e. The minimum absolute atomic E-state index is 0.388. The van der Waals surface area contributed by atoms with Gasteiger partial charge in [-0.2, -0.15) is 0 Å². The van der Waals surface area contributed by atoms with Crippen LogP contribution in [0, 0.1) is 0 Å². The second kappa shape index (κ2) is 8.73. The van der Waals surface area contributed by atoms with Crippen molar-refractivity contribution in [3.8, 4) is 0 Å². The Morgan fingerprint density at radius 2 is 1.96 bits per heavy atom. The van der Waals surface area contributed by atoms with Crippen LogP contribution in [0.15, 0.2) is 36.5 Å². The molecule has 0 fully saturated rings. The molecule has 122 valence electrons. The first-order valence-corrected chi connectivity index (χ1v) is 7.68. The lowest BCUT2D eigenvalue weighted by atomic mass is 10.0. The normalized spacial score (nSPS) is 10.4. The van der Waals surface area contributed by atoms with Crippen LogP contribution >= 0.6 is 0 Å². The van der Waals surface area contributed by atoms with Gasteiger partial charge in [-0.25, -0.2) is 4.79 Å². The van der Waals surface area contributed by atoms with E-state index in [4.69, 9.17) is 5.73 Å². The molecule has 1 aromatic heterocycles. The van der Waals surface area contributed by atoms with Gasteiger partial charge in [0.2, 0.25) is 0 Å². The van der Waals surface area contributed by atoms with E-state index in [1.165, 1.54) is 10.9 Å². The van der Waals surface area contributed by atoms with Gasteiger partial charge in [0.1, 0.15) is 0 Å². The van der Waals surface area contributed by atoms with Crippen LogP contribution in [0.4, 0.5) is 4.79 Å². The van der Waals surface area contributed by atoms with Gasteiger partial charge in [-0.3, -0.25) is 9.78 Å². The third-order valence-corrected chi connectivity index (χ3v) is 3.48. The quantitative estimate of drug-likeness (QED) is 0.730. The number of nitrogens with zero attached hydrogens (tertiary/aromatic N) is 1. The summed E-state index contributed by atoms with van der Waals surface area (Å²) in [5.74, 6) is -0.662. The molecule has 0 spiro atoms. The molecule has 2 rings (SSSR count). The van der Waals surface area contributed by atoms with Crippen molar-refractivity contribution in [1.29, 1.82) is 0 Å². The number of nitrogens with two attached hydrogens (primary N) is 1. The summed E-state index contributed by atoms with van der Waals surface area (Å²) in [6.07, 6.45) is 5.10. The number of benzene rings is 1. The summed E-state index contributed by atoms with van der Waals surface area (Å²) in [5.41, 5.74) is 7.19. The van der Waals surface area contributed by atoms with Gasteiger partial charge in [0.05, 0.1) is 5.52 Å². The molecule has 6 nitrogen and oxygen atoms in total. The second-order valence-corrected chi connectivity index (χ2v) is 5.27. The number of aryl methyl sites for hydroxylation is 1. The molecule has 0 aliphatic heterocycles. The number of rotatable bonds is 8. The molecule has 2 amide bonds. The van der Waals surface area contributed by atoms with E-state index in [0.717, 1.165) is 31.2 Å². The zero-order valence-corrected chi connectivity index (χ0v) is 13.0. The average molecular weight is 315 g/mol. The Balaban J connectivity index is 1.65. The van der Waals surface area contributed by atoms with Crippen LogP contribution in [-0.4, -0.2) is 30.1 Å². The van der Waals surface area contributed by atoms with Crippen molar-refractivity contribution in [2.24, 2.45) is 5.73 Å². The fraction of sp³-hybridized carbons (Fsp3) is 0.353.